The molecule has 0 amide bonds. The van der Waals surface area contributed by atoms with Gasteiger partial charge in [-0.1, -0.05) is 18.2 Å². The highest BCUT2D eigenvalue weighted by Crippen LogP contribution is 2.25. The third kappa shape index (κ3) is 2.73. The zero-order valence-electron chi connectivity index (χ0n) is 10.4. The maximum Gasteiger partial charge on any atom is 0.159 e. The Bertz CT molecular complexity index is 416. The van der Waals surface area contributed by atoms with Crippen LogP contribution >= 0.6 is 0 Å². The molecular weight excluding hydrogens is 212 g/mol. The molecule has 3 N–H and O–H groups in total. The molecule has 0 spiro atoms. The van der Waals surface area contributed by atoms with E-state index in [1.807, 2.05) is 24.3 Å². The van der Waals surface area contributed by atoms with Crippen molar-refractivity contribution >= 4 is 5.78 Å². The Labute approximate surface area is 102 Å². The quantitative estimate of drug-likeness (QED) is 0.767. The van der Waals surface area contributed by atoms with Gasteiger partial charge in [-0.05, 0) is 38.3 Å². The van der Waals surface area contributed by atoms with E-state index in [0.29, 0.717) is 6.04 Å². The predicted octanol–water partition coefficient (Wildman–Crippen LogP) is 2.03. The highest BCUT2D eigenvalue weighted by atomic mass is 16.1. The molecule has 1 aliphatic heterocycles. The van der Waals surface area contributed by atoms with Gasteiger partial charge in [-0.15, -0.1) is 0 Å². The molecule has 1 fully saturated rings. The molecule has 1 saturated heterocycles. The Balaban J connectivity index is 2.26. The van der Waals surface area contributed by atoms with Crippen LogP contribution in [0.3, 0.4) is 0 Å². The molecule has 3 unspecified atom stereocenters. The van der Waals surface area contributed by atoms with Gasteiger partial charge in [0.25, 0.3) is 0 Å². The van der Waals surface area contributed by atoms with Crippen molar-refractivity contribution in [2.45, 2.75) is 44.8 Å². The molecule has 2 rings (SSSR count). The van der Waals surface area contributed by atoms with Crippen molar-refractivity contribution in [2.24, 2.45) is 5.73 Å². The fourth-order valence-electron chi connectivity index (χ4n) is 2.42. The number of ketones is 1. The van der Waals surface area contributed by atoms with Crippen LogP contribution in [-0.4, -0.2) is 17.9 Å². The number of nitrogens with one attached hydrogen (secondary N) is 1. The number of hydrogen-bond donors (Lipinski definition) is 2. The molecule has 0 bridgehead atoms. The average molecular weight is 232 g/mol. The molecule has 3 nitrogen and oxygen atoms in total. The zero-order valence-corrected chi connectivity index (χ0v) is 10.4. The predicted molar refractivity (Wildman–Crippen MR) is 69.0 cm³/mol. The Kier molecular flexibility index (Phi) is 3.60. The van der Waals surface area contributed by atoms with E-state index in [2.05, 4.69) is 12.2 Å². The number of rotatable bonds is 2. The Morgan fingerprint density at radius 1 is 1.41 bits per heavy atom. The van der Waals surface area contributed by atoms with E-state index in [1.54, 1.807) is 6.92 Å². The summed E-state index contributed by atoms with van der Waals surface area (Å²) in [4.78, 5) is 11.4. The first-order valence-corrected chi connectivity index (χ1v) is 6.20. The molecule has 0 radical (unpaired) electrons. The van der Waals surface area contributed by atoms with Gasteiger partial charge in [0.1, 0.15) is 0 Å². The lowest BCUT2D eigenvalue weighted by molar-refractivity contribution is 0.101. The second kappa shape index (κ2) is 4.98. The first-order chi connectivity index (χ1) is 8.08. The normalized spacial score (nSPS) is 29.0. The van der Waals surface area contributed by atoms with Gasteiger partial charge in [0.05, 0.1) is 0 Å². The summed E-state index contributed by atoms with van der Waals surface area (Å²) in [7, 11) is 0. The molecule has 3 atom stereocenters. The van der Waals surface area contributed by atoms with Crippen LogP contribution in [0.4, 0.5) is 0 Å². The first-order valence-electron chi connectivity index (χ1n) is 6.20. The number of carbonyl (C=O) groups excluding carboxylic acids is 1. The van der Waals surface area contributed by atoms with Gasteiger partial charge in [0.15, 0.2) is 5.78 Å². The number of hydrogen-bond acceptors (Lipinski definition) is 3. The van der Waals surface area contributed by atoms with Crippen LogP contribution in [0, 0.1) is 0 Å². The van der Waals surface area contributed by atoms with Gasteiger partial charge in [0, 0.05) is 23.7 Å². The van der Waals surface area contributed by atoms with Crippen molar-refractivity contribution < 1.29 is 4.79 Å². The molecule has 0 aromatic heterocycles. The minimum atomic E-state index is 0.101. The largest absolute Gasteiger partial charge is 0.326 e. The Morgan fingerprint density at radius 3 is 2.88 bits per heavy atom. The van der Waals surface area contributed by atoms with E-state index in [-0.39, 0.29) is 17.9 Å². The third-order valence-corrected chi connectivity index (χ3v) is 3.48. The van der Waals surface area contributed by atoms with Gasteiger partial charge in [0.2, 0.25) is 0 Å². The minimum absolute atomic E-state index is 0.101. The Hall–Kier alpha value is -1.19. The van der Waals surface area contributed by atoms with E-state index in [0.717, 1.165) is 24.0 Å². The molecule has 3 heteroatoms. The minimum Gasteiger partial charge on any atom is -0.326 e. The van der Waals surface area contributed by atoms with E-state index < -0.39 is 0 Å². The second-order valence-electron chi connectivity index (χ2n) is 4.97. The third-order valence-electron chi connectivity index (χ3n) is 3.48. The standard InChI is InChI=1S/C14H20N2O/c1-9-6-7-13(15)14(16-9)12-5-3-4-11(8-12)10(2)17/h3-5,8-9,13-14,16H,6-7,15H2,1-2H3. The Morgan fingerprint density at radius 2 is 2.18 bits per heavy atom. The van der Waals surface area contributed by atoms with Gasteiger partial charge >= 0.3 is 0 Å². The van der Waals surface area contributed by atoms with Gasteiger partial charge < -0.3 is 11.1 Å². The van der Waals surface area contributed by atoms with Crippen LogP contribution in [0.2, 0.25) is 0 Å². The van der Waals surface area contributed by atoms with E-state index >= 15 is 0 Å². The monoisotopic (exact) mass is 232 g/mol. The lowest BCUT2D eigenvalue weighted by Crippen LogP contribution is -2.47. The van der Waals surface area contributed by atoms with Crippen LogP contribution in [0.5, 0.6) is 0 Å². The summed E-state index contributed by atoms with van der Waals surface area (Å²) in [5.41, 5.74) is 8.03. The van der Waals surface area contributed by atoms with Crippen molar-refractivity contribution in [1.82, 2.24) is 5.32 Å². The smallest absolute Gasteiger partial charge is 0.159 e. The molecule has 1 aromatic carbocycles. The first kappa shape index (κ1) is 12.3. The average Bonchev–Trinajstić information content (AvgIpc) is 2.32. The van der Waals surface area contributed by atoms with Crippen LogP contribution in [0.1, 0.15) is 48.7 Å². The van der Waals surface area contributed by atoms with Gasteiger partial charge in [-0.3, -0.25) is 4.79 Å². The van der Waals surface area contributed by atoms with Crippen molar-refractivity contribution in [1.29, 1.82) is 0 Å². The van der Waals surface area contributed by atoms with Gasteiger partial charge in [-0.2, -0.15) is 0 Å². The highest BCUT2D eigenvalue weighted by Gasteiger charge is 2.26. The zero-order chi connectivity index (χ0) is 12.4. The summed E-state index contributed by atoms with van der Waals surface area (Å²) in [6.07, 6.45) is 2.15. The molecule has 0 saturated carbocycles. The highest BCUT2D eigenvalue weighted by molar-refractivity contribution is 5.94. The fourth-order valence-corrected chi connectivity index (χ4v) is 2.42. The SMILES string of the molecule is CC(=O)c1cccc(C2NC(C)CCC2N)c1. The summed E-state index contributed by atoms with van der Waals surface area (Å²) < 4.78 is 0. The van der Waals surface area contributed by atoms with Gasteiger partial charge in [-0.25, -0.2) is 0 Å². The summed E-state index contributed by atoms with van der Waals surface area (Å²) >= 11 is 0. The van der Waals surface area contributed by atoms with Crippen molar-refractivity contribution in [3.05, 3.63) is 35.4 Å². The molecule has 1 aliphatic rings. The summed E-state index contributed by atoms with van der Waals surface area (Å²) in [5, 5.41) is 3.51. The number of benzene rings is 1. The maximum absolute atomic E-state index is 11.4. The number of piperidine rings is 1. The van der Waals surface area contributed by atoms with Crippen LogP contribution in [0.15, 0.2) is 24.3 Å². The molecule has 17 heavy (non-hydrogen) atoms. The molecule has 1 heterocycles. The number of nitrogens with two attached hydrogens (primary N) is 1. The van der Waals surface area contributed by atoms with Crippen LogP contribution in [-0.2, 0) is 0 Å². The maximum atomic E-state index is 11.4. The summed E-state index contributed by atoms with van der Waals surface area (Å²) in [5.74, 6) is 0.101. The topological polar surface area (TPSA) is 55.1 Å². The van der Waals surface area contributed by atoms with E-state index in [1.165, 1.54) is 0 Å². The lowest BCUT2D eigenvalue weighted by atomic mass is 9.89. The number of carbonyl (C=O) groups is 1. The summed E-state index contributed by atoms with van der Waals surface area (Å²) in [6.45, 7) is 3.77. The second-order valence-corrected chi connectivity index (χ2v) is 4.97. The molecule has 0 aliphatic carbocycles. The van der Waals surface area contributed by atoms with E-state index in [4.69, 9.17) is 5.73 Å². The number of Topliss-reactive ketones (excluding diaryl/α,β-unsaturated/α-hetero) is 1. The molecule has 92 valence electrons. The molecular formula is C14H20N2O. The van der Waals surface area contributed by atoms with Crippen molar-refractivity contribution in [3.63, 3.8) is 0 Å². The van der Waals surface area contributed by atoms with E-state index in [9.17, 15) is 4.79 Å². The van der Waals surface area contributed by atoms with Crippen LogP contribution < -0.4 is 11.1 Å². The van der Waals surface area contributed by atoms with Crippen molar-refractivity contribution in [2.75, 3.05) is 0 Å². The molecule has 1 aromatic rings. The summed E-state index contributed by atoms with van der Waals surface area (Å²) in [6, 6.07) is 8.57. The van der Waals surface area contributed by atoms with Crippen LogP contribution in [0.25, 0.3) is 0 Å². The lowest BCUT2D eigenvalue weighted by Gasteiger charge is -2.34. The van der Waals surface area contributed by atoms with Crippen molar-refractivity contribution in [3.8, 4) is 0 Å². The fraction of sp³-hybridized carbons (Fsp3) is 0.500.